The molecule has 0 aliphatic heterocycles. The van der Waals surface area contributed by atoms with Crippen molar-refractivity contribution in [1.29, 1.82) is 0 Å². The first-order chi connectivity index (χ1) is 12.8. The van der Waals surface area contributed by atoms with Gasteiger partial charge in [0.25, 0.3) is 5.56 Å². The van der Waals surface area contributed by atoms with Gasteiger partial charge in [-0.25, -0.2) is 5.10 Å². The summed E-state index contributed by atoms with van der Waals surface area (Å²) in [5.74, 6) is 0.478. The maximum absolute atomic E-state index is 12.5. The lowest BCUT2D eigenvalue weighted by Crippen LogP contribution is -2.30. The molecule has 0 aliphatic carbocycles. The molecular formula is C20H24N4O3. The van der Waals surface area contributed by atoms with Crippen molar-refractivity contribution in [2.75, 3.05) is 18.9 Å². The van der Waals surface area contributed by atoms with Gasteiger partial charge in [0.15, 0.2) is 0 Å². The van der Waals surface area contributed by atoms with Crippen molar-refractivity contribution < 1.29 is 9.21 Å². The van der Waals surface area contributed by atoms with E-state index >= 15 is 0 Å². The maximum atomic E-state index is 12.5. The first kappa shape index (κ1) is 18.8. The van der Waals surface area contributed by atoms with E-state index in [1.165, 1.54) is 16.7 Å². The normalized spacial score (nSPS) is 11.3. The molecular weight excluding hydrogens is 344 g/mol. The van der Waals surface area contributed by atoms with Gasteiger partial charge in [0.05, 0.1) is 17.6 Å². The van der Waals surface area contributed by atoms with Crippen LogP contribution in [0.2, 0.25) is 0 Å². The lowest BCUT2D eigenvalue weighted by atomic mass is 10.1. The van der Waals surface area contributed by atoms with Crippen molar-refractivity contribution in [2.45, 2.75) is 34.2 Å². The van der Waals surface area contributed by atoms with E-state index in [0.29, 0.717) is 28.8 Å². The number of aryl methyl sites for hydroxylation is 4. The number of H-pyrrole nitrogens is 1. The molecule has 1 amide bonds. The molecule has 142 valence electrons. The Labute approximate surface area is 157 Å². The van der Waals surface area contributed by atoms with Gasteiger partial charge in [-0.15, -0.1) is 0 Å². The standard InChI is InChI=1S/C20H24N4O3/c1-11-6-7-15(12(2)8-11)9-24(5)10-16(25)21-20-18-17(14(4)27-20)13(3)22-23-19(18)26/h6-8H,9-10H2,1-5H3,(H,21,25)(H,23,26). The molecule has 0 atom stereocenters. The SMILES string of the molecule is Cc1ccc(CN(C)CC(=O)Nc2oc(C)c3c(C)n[nH]c(=O)c23)c(C)c1. The van der Waals surface area contributed by atoms with Crippen LogP contribution in [0.25, 0.3) is 10.8 Å². The van der Waals surface area contributed by atoms with E-state index in [9.17, 15) is 9.59 Å². The van der Waals surface area contributed by atoms with Crippen molar-refractivity contribution in [2.24, 2.45) is 0 Å². The minimum atomic E-state index is -0.383. The number of furan rings is 1. The van der Waals surface area contributed by atoms with Crippen LogP contribution in [0.15, 0.2) is 27.4 Å². The molecule has 1 aromatic carbocycles. The van der Waals surface area contributed by atoms with Crippen LogP contribution in [0, 0.1) is 27.7 Å². The van der Waals surface area contributed by atoms with Crippen molar-refractivity contribution >= 4 is 22.6 Å². The topological polar surface area (TPSA) is 91.2 Å². The molecule has 0 fully saturated rings. The van der Waals surface area contributed by atoms with Crippen molar-refractivity contribution in [3.05, 3.63) is 56.7 Å². The molecule has 0 bridgehead atoms. The van der Waals surface area contributed by atoms with Gasteiger partial charge >= 0.3 is 0 Å². The summed E-state index contributed by atoms with van der Waals surface area (Å²) in [7, 11) is 1.88. The zero-order chi connectivity index (χ0) is 19.7. The summed E-state index contributed by atoms with van der Waals surface area (Å²) >= 11 is 0. The van der Waals surface area contributed by atoms with Gasteiger partial charge < -0.3 is 4.42 Å². The molecule has 2 N–H and O–H groups in total. The molecule has 0 radical (unpaired) electrons. The van der Waals surface area contributed by atoms with Crippen LogP contribution in [0.3, 0.4) is 0 Å². The largest absolute Gasteiger partial charge is 0.444 e. The molecule has 7 nitrogen and oxygen atoms in total. The summed E-state index contributed by atoms with van der Waals surface area (Å²) in [6.07, 6.45) is 0. The average molecular weight is 368 g/mol. The number of nitrogens with one attached hydrogen (secondary N) is 2. The molecule has 3 aromatic rings. The third kappa shape index (κ3) is 3.93. The maximum Gasteiger partial charge on any atom is 0.277 e. The Morgan fingerprint density at radius 3 is 2.67 bits per heavy atom. The number of likely N-dealkylation sites (N-methyl/N-ethyl adjacent to an activating group) is 1. The van der Waals surface area contributed by atoms with Crippen LogP contribution >= 0.6 is 0 Å². The van der Waals surface area contributed by atoms with Gasteiger partial charge in [-0.05, 0) is 45.9 Å². The number of nitrogens with zero attached hydrogens (tertiary/aromatic N) is 2. The molecule has 7 heteroatoms. The molecule has 0 spiro atoms. The fourth-order valence-electron chi connectivity index (χ4n) is 3.31. The number of hydrogen-bond donors (Lipinski definition) is 2. The minimum absolute atomic E-state index is 0.166. The second-order valence-corrected chi connectivity index (χ2v) is 7.03. The number of amides is 1. The number of fused-ring (bicyclic) bond motifs is 1. The number of rotatable bonds is 5. The summed E-state index contributed by atoms with van der Waals surface area (Å²) in [4.78, 5) is 26.5. The Balaban J connectivity index is 1.74. The Morgan fingerprint density at radius 1 is 1.22 bits per heavy atom. The zero-order valence-corrected chi connectivity index (χ0v) is 16.3. The van der Waals surface area contributed by atoms with E-state index < -0.39 is 0 Å². The molecule has 0 saturated heterocycles. The highest BCUT2D eigenvalue weighted by Crippen LogP contribution is 2.28. The van der Waals surface area contributed by atoms with Crippen LogP contribution in [0.1, 0.15) is 28.1 Å². The van der Waals surface area contributed by atoms with Gasteiger partial charge in [0, 0.05) is 6.54 Å². The second-order valence-electron chi connectivity index (χ2n) is 7.03. The predicted molar refractivity (Wildman–Crippen MR) is 105 cm³/mol. The van der Waals surface area contributed by atoms with E-state index in [1.54, 1.807) is 13.8 Å². The van der Waals surface area contributed by atoms with Gasteiger partial charge in [0.1, 0.15) is 11.1 Å². The minimum Gasteiger partial charge on any atom is -0.444 e. The molecule has 0 aliphatic rings. The zero-order valence-electron chi connectivity index (χ0n) is 16.3. The predicted octanol–water partition coefficient (Wildman–Crippen LogP) is 2.82. The summed E-state index contributed by atoms with van der Waals surface area (Å²) in [6.45, 7) is 8.49. The highest BCUT2D eigenvalue weighted by molar-refractivity contribution is 6.01. The molecule has 0 unspecified atom stereocenters. The van der Waals surface area contributed by atoms with Crippen molar-refractivity contribution in [3.8, 4) is 0 Å². The van der Waals surface area contributed by atoms with Crippen LogP contribution in [0.4, 0.5) is 5.88 Å². The smallest absolute Gasteiger partial charge is 0.277 e. The Hall–Kier alpha value is -2.93. The molecule has 2 heterocycles. The third-order valence-corrected chi connectivity index (χ3v) is 4.60. The van der Waals surface area contributed by atoms with E-state index in [-0.39, 0.29) is 23.9 Å². The van der Waals surface area contributed by atoms with Gasteiger partial charge in [-0.1, -0.05) is 23.8 Å². The molecule has 27 heavy (non-hydrogen) atoms. The molecule has 2 aromatic heterocycles. The Bertz CT molecular complexity index is 1070. The van der Waals surface area contributed by atoms with E-state index in [4.69, 9.17) is 4.42 Å². The van der Waals surface area contributed by atoms with Crippen LogP contribution in [0.5, 0.6) is 0 Å². The van der Waals surface area contributed by atoms with Crippen LogP contribution in [-0.4, -0.2) is 34.6 Å². The summed E-state index contributed by atoms with van der Waals surface area (Å²) < 4.78 is 5.62. The second kappa shape index (κ2) is 7.36. The number of carbonyl (C=O) groups is 1. The number of benzene rings is 1. The van der Waals surface area contributed by atoms with Crippen molar-refractivity contribution in [1.82, 2.24) is 15.1 Å². The first-order valence-electron chi connectivity index (χ1n) is 8.79. The van der Waals surface area contributed by atoms with E-state index in [1.807, 2.05) is 11.9 Å². The highest BCUT2D eigenvalue weighted by Gasteiger charge is 2.19. The molecule has 0 saturated carbocycles. The monoisotopic (exact) mass is 368 g/mol. The number of aromatic nitrogens is 2. The van der Waals surface area contributed by atoms with E-state index in [2.05, 4.69) is 47.6 Å². The van der Waals surface area contributed by atoms with Gasteiger partial charge in [-0.3, -0.25) is 19.8 Å². The number of hydrogen-bond acceptors (Lipinski definition) is 5. The quantitative estimate of drug-likeness (QED) is 0.723. The first-order valence-corrected chi connectivity index (χ1v) is 8.79. The summed E-state index contributed by atoms with van der Waals surface area (Å²) in [5, 5.41) is 10.1. The number of carbonyl (C=O) groups excluding carboxylic acids is 1. The van der Waals surface area contributed by atoms with Gasteiger partial charge in [-0.2, -0.15) is 5.10 Å². The van der Waals surface area contributed by atoms with E-state index in [0.717, 1.165) is 0 Å². The highest BCUT2D eigenvalue weighted by atomic mass is 16.4. The van der Waals surface area contributed by atoms with Crippen LogP contribution in [-0.2, 0) is 11.3 Å². The fraction of sp³-hybridized carbons (Fsp3) is 0.350. The third-order valence-electron chi connectivity index (χ3n) is 4.60. The number of aromatic amines is 1. The molecule has 3 rings (SSSR count). The van der Waals surface area contributed by atoms with Crippen LogP contribution < -0.4 is 10.9 Å². The lowest BCUT2D eigenvalue weighted by Gasteiger charge is -2.17. The summed E-state index contributed by atoms with van der Waals surface area (Å²) in [5.41, 5.74) is 3.86. The number of anilines is 1. The van der Waals surface area contributed by atoms with Crippen molar-refractivity contribution in [3.63, 3.8) is 0 Å². The average Bonchev–Trinajstić information content (AvgIpc) is 2.91. The summed E-state index contributed by atoms with van der Waals surface area (Å²) in [6, 6.07) is 6.28. The Morgan fingerprint density at radius 2 is 1.96 bits per heavy atom. The lowest BCUT2D eigenvalue weighted by molar-refractivity contribution is -0.117. The Kier molecular flexibility index (Phi) is 5.14. The van der Waals surface area contributed by atoms with Gasteiger partial charge in [0.2, 0.25) is 11.8 Å². The fourth-order valence-corrected chi connectivity index (χ4v) is 3.31.